The van der Waals surface area contributed by atoms with Crippen molar-refractivity contribution in [2.75, 3.05) is 7.05 Å². The van der Waals surface area contributed by atoms with Gasteiger partial charge in [-0.2, -0.15) is 0 Å². The van der Waals surface area contributed by atoms with E-state index in [2.05, 4.69) is 28.4 Å². The summed E-state index contributed by atoms with van der Waals surface area (Å²) in [7, 11) is 2.21. The minimum atomic E-state index is 0.0564. The lowest BCUT2D eigenvalue weighted by Gasteiger charge is -2.25. The van der Waals surface area contributed by atoms with Crippen LogP contribution in [0, 0.1) is 0 Å². The summed E-state index contributed by atoms with van der Waals surface area (Å²) in [4.78, 5) is 6.64. The van der Waals surface area contributed by atoms with Gasteiger partial charge in [-0.3, -0.25) is 4.90 Å². The highest BCUT2D eigenvalue weighted by Crippen LogP contribution is 2.27. The lowest BCUT2D eigenvalue weighted by atomic mass is 10.2. The molecule has 0 amide bonds. The summed E-state index contributed by atoms with van der Waals surface area (Å²) in [5.74, 6) is 0. The fourth-order valence-electron chi connectivity index (χ4n) is 2.12. The molecule has 0 aromatic carbocycles. The van der Waals surface area contributed by atoms with E-state index in [1.807, 2.05) is 19.4 Å². The van der Waals surface area contributed by atoms with E-state index in [4.69, 9.17) is 5.73 Å². The van der Waals surface area contributed by atoms with Crippen molar-refractivity contribution in [1.82, 2.24) is 14.5 Å². The van der Waals surface area contributed by atoms with E-state index in [1.165, 1.54) is 12.8 Å². The third-order valence-electron chi connectivity index (χ3n) is 3.49. The molecule has 1 saturated carbocycles. The number of imidazole rings is 1. The number of aromatic nitrogens is 2. The quantitative estimate of drug-likeness (QED) is 0.819. The second kappa shape index (κ2) is 4.55. The Morgan fingerprint density at radius 3 is 2.81 bits per heavy atom. The average Bonchev–Trinajstić information content (AvgIpc) is 2.97. The molecule has 4 heteroatoms. The number of nitrogens with two attached hydrogens (primary N) is 1. The van der Waals surface area contributed by atoms with Crippen LogP contribution in [-0.2, 0) is 6.54 Å². The molecular formula is C12H22N4. The van der Waals surface area contributed by atoms with E-state index in [0.29, 0.717) is 6.04 Å². The first kappa shape index (κ1) is 11.6. The minimum absolute atomic E-state index is 0.0564. The van der Waals surface area contributed by atoms with Crippen LogP contribution in [0.2, 0.25) is 0 Å². The summed E-state index contributed by atoms with van der Waals surface area (Å²) in [5, 5.41) is 0. The molecule has 1 fully saturated rings. The first-order chi connectivity index (χ1) is 7.59. The highest BCUT2D eigenvalue weighted by molar-refractivity contribution is 5.03. The van der Waals surface area contributed by atoms with Crippen LogP contribution >= 0.6 is 0 Å². The van der Waals surface area contributed by atoms with Gasteiger partial charge in [-0.05, 0) is 33.7 Å². The molecule has 2 rings (SSSR count). The maximum absolute atomic E-state index is 5.91. The lowest BCUT2D eigenvalue weighted by molar-refractivity contribution is 0.224. The third-order valence-corrected chi connectivity index (χ3v) is 3.49. The molecule has 0 spiro atoms. The van der Waals surface area contributed by atoms with Crippen molar-refractivity contribution in [3.63, 3.8) is 0 Å². The van der Waals surface area contributed by atoms with Crippen molar-refractivity contribution < 1.29 is 0 Å². The largest absolute Gasteiger partial charge is 0.332 e. The van der Waals surface area contributed by atoms with E-state index in [-0.39, 0.29) is 6.04 Å². The van der Waals surface area contributed by atoms with Crippen LogP contribution in [0.15, 0.2) is 12.5 Å². The maximum Gasteiger partial charge on any atom is 0.0949 e. The van der Waals surface area contributed by atoms with Crippen LogP contribution in [-0.4, -0.2) is 33.6 Å². The molecule has 0 bridgehead atoms. The molecular weight excluding hydrogens is 200 g/mol. The lowest BCUT2D eigenvalue weighted by Crippen LogP contribution is -2.35. The zero-order chi connectivity index (χ0) is 11.7. The van der Waals surface area contributed by atoms with Gasteiger partial charge in [-0.25, -0.2) is 4.98 Å². The van der Waals surface area contributed by atoms with E-state index in [0.717, 1.165) is 18.3 Å². The molecule has 0 aliphatic heterocycles. The Labute approximate surface area is 97.4 Å². The van der Waals surface area contributed by atoms with Crippen molar-refractivity contribution in [2.45, 2.75) is 51.4 Å². The molecule has 16 heavy (non-hydrogen) atoms. The summed E-state index contributed by atoms with van der Waals surface area (Å²) in [6, 6.07) is 1.40. The molecule has 0 radical (unpaired) electrons. The van der Waals surface area contributed by atoms with Crippen LogP contribution in [0.3, 0.4) is 0 Å². The second-order valence-corrected chi connectivity index (χ2v) is 5.01. The summed E-state index contributed by atoms with van der Waals surface area (Å²) in [6.45, 7) is 5.25. The fraction of sp³-hybridized carbons (Fsp3) is 0.750. The molecule has 2 unspecified atom stereocenters. The number of rotatable bonds is 5. The normalized spacial score (nSPS) is 20.1. The standard InChI is InChI=1S/C12H22N4/c1-9(15(3)11-4-5-11)7-16-8-14-6-12(16)10(2)13/h6,8-11H,4-5,7,13H2,1-3H3. The molecule has 2 atom stereocenters. The predicted octanol–water partition coefficient (Wildman–Crippen LogP) is 1.39. The van der Waals surface area contributed by atoms with Crippen molar-refractivity contribution in [1.29, 1.82) is 0 Å². The van der Waals surface area contributed by atoms with Crippen molar-refractivity contribution in [2.24, 2.45) is 5.73 Å². The number of hydrogen-bond acceptors (Lipinski definition) is 3. The summed E-state index contributed by atoms with van der Waals surface area (Å²) in [6.07, 6.45) is 6.46. The molecule has 1 aromatic rings. The van der Waals surface area contributed by atoms with Gasteiger partial charge in [0.1, 0.15) is 0 Å². The molecule has 90 valence electrons. The maximum atomic E-state index is 5.91. The van der Waals surface area contributed by atoms with E-state index >= 15 is 0 Å². The molecule has 1 aliphatic rings. The van der Waals surface area contributed by atoms with E-state index in [1.54, 1.807) is 0 Å². The summed E-state index contributed by atoms with van der Waals surface area (Å²) < 4.78 is 2.17. The van der Waals surface area contributed by atoms with Crippen molar-refractivity contribution >= 4 is 0 Å². The van der Waals surface area contributed by atoms with Crippen LogP contribution in [0.1, 0.15) is 38.4 Å². The van der Waals surface area contributed by atoms with E-state index in [9.17, 15) is 0 Å². The monoisotopic (exact) mass is 222 g/mol. The van der Waals surface area contributed by atoms with Gasteiger partial charge in [0.05, 0.1) is 12.0 Å². The third kappa shape index (κ3) is 2.44. The van der Waals surface area contributed by atoms with Crippen LogP contribution in [0.5, 0.6) is 0 Å². The first-order valence-corrected chi connectivity index (χ1v) is 6.07. The summed E-state index contributed by atoms with van der Waals surface area (Å²) >= 11 is 0. The molecule has 0 saturated heterocycles. The van der Waals surface area contributed by atoms with Crippen molar-refractivity contribution in [3.8, 4) is 0 Å². The highest BCUT2D eigenvalue weighted by atomic mass is 15.2. The van der Waals surface area contributed by atoms with Crippen LogP contribution in [0.25, 0.3) is 0 Å². The number of nitrogens with zero attached hydrogens (tertiary/aromatic N) is 3. The topological polar surface area (TPSA) is 47.1 Å². The average molecular weight is 222 g/mol. The van der Waals surface area contributed by atoms with Crippen molar-refractivity contribution in [3.05, 3.63) is 18.2 Å². The van der Waals surface area contributed by atoms with Gasteiger partial charge in [0.15, 0.2) is 0 Å². The minimum Gasteiger partial charge on any atom is -0.332 e. The van der Waals surface area contributed by atoms with E-state index < -0.39 is 0 Å². The second-order valence-electron chi connectivity index (χ2n) is 5.01. The van der Waals surface area contributed by atoms with Gasteiger partial charge >= 0.3 is 0 Å². The Hall–Kier alpha value is -0.870. The molecule has 2 N–H and O–H groups in total. The van der Waals surface area contributed by atoms with Gasteiger partial charge in [0.25, 0.3) is 0 Å². The van der Waals surface area contributed by atoms with Gasteiger partial charge in [0.2, 0.25) is 0 Å². The molecule has 1 aromatic heterocycles. The Morgan fingerprint density at radius 2 is 2.25 bits per heavy atom. The number of hydrogen-bond donors (Lipinski definition) is 1. The Balaban J connectivity index is 1.99. The Bertz CT molecular complexity index is 341. The first-order valence-electron chi connectivity index (χ1n) is 6.07. The number of likely N-dealkylation sites (N-methyl/N-ethyl adjacent to an activating group) is 1. The van der Waals surface area contributed by atoms with Gasteiger partial charge in [-0.15, -0.1) is 0 Å². The zero-order valence-corrected chi connectivity index (χ0v) is 10.4. The predicted molar refractivity (Wildman–Crippen MR) is 65.1 cm³/mol. The SMILES string of the molecule is CC(N)c1cncn1CC(C)N(C)C1CC1. The molecule has 4 nitrogen and oxygen atoms in total. The smallest absolute Gasteiger partial charge is 0.0949 e. The van der Waals surface area contributed by atoms with Gasteiger partial charge in [0, 0.05) is 30.9 Å². The fourth-order valence-corrected chi connectivity index (χ4v) is 2.12. The van der Waals surface area contributed by atoms with Crippen LogP contribution < -0.4 is 5.73 Å². The Morgan fingerprint density at radius 1 is 1.56 bits per heavy atom. The Kier molecular flexibility index (Phi) is 3.30. The summed E-state index contributed by atoms with van der Waals surface area (Å²) in [5.41, 5.74) is 7.03. The van der Waals surface area contributed by atoms with Crippen LogP contribution in [0.4, 0.5) is 0 Å². The highest BCUT2D eigenvalue weighted by Gasteiger charge is 2.29. The van der Waals surface area contributed by atoms with Gasteiger partial charge in [-0.1, -0.05) is 0 Å². The molecule has 1 heterocycles. The van der Waals surface area contributed by atoms with Gasteiger partial charge < -0.3 is 10.3 Å². The zero-order valence-electron chi connectivity index (χ0n) is 10.4. The molecule has 1 aliphatic carbocycles.